The van der Waals surface area contributed by atoms with Gasteiger partial charge in [-0.25, -0.2) is 4.79 Å². The minimum Gasteiger partial charge on any atom is -0.367 e. The van der Waals surface area contributed by atoms with Gasteiger partial charge in [0, 0.05) is 49.7 Å². The number of rotatable bonds is 4. The fourth-order valence-corrected chi connectivity index (χ4v) is 3.19. The lowest BCUT2D eigenvalue weighted by Gasteiger charge is -2.35. The monoisotopic (exact) mass is 381 g/mol. The molecule has 1 saturated heterocycles. The van der Waals surface area contributed by atoms with Gasteiger partial charge in [0.2, 0.25) is 0 Å². The molecule has 2 heterocycles. The van der Waals surface area contributed by atoms with Crippen molar-refractivity contribution in [3.05, 3.63) is 53.9 Å². The first-order chi connectivity index (χ1) is 13.4. The second-order valence-electron chi connectivity index (χ2n) is 7.27. The molecule has 7 nitrogen and oxygen atoms in total. The molecule has 0 spiro atoms. The highest BCUT2D eigenvalue weighted by Gasteiger charge is 2.22. The van der Waals surface area contributed by atoms with Gasteiger partial charge in [0.1, 0.15) is 0 Å². The van der Waals surface area contributed by atoms with Gasteiger partial charge < -0.3 is 20.4 Å². The molecule has 0 saturated carbocycles. The van der Waals surface area contributed by atoms with Gasteiger partial charge in [0.15, 0.2) is 0 Å². The maximum absolute atomic E-state index is 12.6. The molecule has 0 atom stereocenters. The number of urea groups is 1. The Morgan fingerprint density at radius 3 is 2.46 bits per heavy atom. The van der Waals surface area contributed by atoms with E-state index in [0.29, 0.717) is 18.7 Å². The summed E-state index contributed by atoms with van der Waals surface area (Å²) in [5, 5.41) is 5.84. The minimum absolute atomic E-state index is 0.0810. The number of nitrogens with zero attached hydrogens (tertiary/aromatic N) is 3. The van der Waals surface area contributed by atoms with Crippen molar-refractivity contribution in [2.45, 2.75) is 26.8 Å². The number of carbonyl (C=O) groups is 2. The molecule has 148 valence electrons. The third-order valence-electron chi connectivity index (χ3n) is 4.73. The van der Waals surface area contributed by atoms with Gasteiger partial charge in [-0.1, -0.05) is 0 Å². The van der Waals surface area contributed by atoms with E-state index in [0.717, 1.165) is 30.0 Å². The standard InChI is InChI=1S/C21H27N5O2/c1-15(2)23-20(27)17-6-7-19(16(3)13-17)24-21(28)26-11-9-25(10-12-26)18-5-4-8-22-14-18/h4-8,13-15H,9-12H2,1-3H3,(H,23,27)(H,24,28). The maximum atomic E-state index is 12.6. The van der Waals surface area contributed by atoms with Crippen LogP contribution in [0.15, 0.2) is 42.7 Å². The predicted octanol–water partition coefficient (Wildman–Crippen LogP) is 2.88. The van der Waals surface area contributed by atoms with Gasteiger partial charge in [0.25, 0.3) is 5.91 Å². The summed E-state index contributed by atoms with van der Waals surface area (Å²) in [4.78, 5) is 32.9. The molecule has 0 radical (unpaired) electrons. The minimum atomic E-state index is -0.117. The third kappa shape index (κ3) is 4.79. The number of anilines is 2. The van der Waals surface area contributed by atoms with E-state index in [2.05, 4.69) is 20.5 Å². The molecule has 2 N–H and O–H groups in total. The summed E-state index contributed by atoms with van der Waals surface area (Å²) >= 11 is 0. The zero-order valence-electron chi connectivity index (χ0n) is 16.6. The molecule has 1 aliphatic rings. The molecule has 1 fully saturated rings. The van der Waals surface area contributed by atoms with Gasteiger partial charge in [-0.3, -0.25) is 9.78 Å². The number of amides is 3. The van der Waals surface area contributed by atoms with Crippen molar-refractivity contribution >= 4 is 23.3 Å². The summed E-state index contributed by atoms with van der Waals surface area (Å²) in [7, 11) is 0. The van der Waals surface area contributed by atoms with Crippen LogP contribution in [0.25, 0.3) is 0 Å². The van der Waals surface area contributed by atoms with Crippen LogP contribution in [0.5, 0.6) is 0 Å². The molecular weight excluding hydrogens is 354 g/mol. The normalized spacial score (nSPS) is 14.1. The summed E-state index contributed by atoms with van der Waals surface area (Å²) in [6, 6.07) is 9.24. The topological polar surface area (TPSA) is 77.6 Å². The molecule has 3 amide bonds. The van der Waals surface area contributed by atoms with Gasteiger partial charge in [0.05, 0.1) is 11.9 Å². The lowest BCUT2D eigenvalue weighted by atomic mass is 10.1. The Morgan fingerprint density at radius 1 is 1.11 bits per heavy atom. The molecule has 2 aromatic rings. The van der Waals surface area contributed by atoms with Crippen molar-refractivity contribution in [2.24, 2.45) is 0 Å². The van der Waals surface area contributed by atoms with E-state index < -0.39 is 0 Å². The van der Waals surface area contributed by atoms with E-state index in [4.69, 9.17) is 0 Å². The number of aryl methyl sites for hydroxylation is 1. The fraction of sp³-hybridized carbons (Fsp3) is 0.381. The highest BCUT2D eigenvalue weighted by atomic mass is 16.2. The molecule has 1 aliphatic heterocycles. The van der Waals surface area contributed by atoms with E-state index >= 15 is 0 Å². The maximum Gasteiger partial charge on any atom is 0.321 e. The SMILES string of the molecule is Cc1cc(C(=O)NC(C)C)ccc1NC(=O)N1CCN(c2cccnc2)CC1. The van der Waals surface area contributed by atoms with Gasteiger partial charge in [-0.15, -0.1) is 0 Å². The van der Waals surface area contributed by atoms with Crippen LogP contribution in [-0.2, 0) is 0 Å². The second kappa shape index (κ2) is 8.73. The summed E-state index contributed by atoms with van der Waals surface area (Å²) in [5.41, 5.74) is 3.25. The van der Waals surface area contributed by atoms with Crippen molar-refractivity contribution in [3.8, 4) is 0 Å². The molecule has 28 heavy (non-hydrogen) atoms. The van der Waals surface area contributed by atoms with Crippen LogP contribution < -0.4 is 15.5 Å². The number of pyridine rings is 1. The van der Waals surface area contributed by atoms with E-state index in [9.17, 15) is 9.59 Å². The first-order valence-corrected chi connectivity index (χ1v) is 9.56. The first-order valence-electron chi connectivity index (χ1n) is 9.56. The Kier molecular flexibility index (Phi) is 6.13. The summed E-state index contributed by atoms with van der Waals surface area (Å²) in [6.07, 6.45) is 3.60. The zero-order chi connectivity index (χ0) is 20.1. The fourth-order valence-electron chi connectivity index (χ4n) is 3.19. The van der Waals surface area contributed by atoms with Crippen LogP contribution in [0.4, 0.5) is 16.2 Å². The molecular formula is C21H27N5O2. The third-order valence-corrected chi connectivity index (χ3v) is 4.73. The second-order valence-corrected chi connectivity index (χ2v) is 7.27. The van der Waals surface area contributed by atoms with Gasteiger partial charge in [-0.2, -0.15) is 0 Å². The molecule has 3 rings (SSSR count). The molecule has 0 aliphatic carbocycles. The lowest BCUT2D eigenvalue weighted by molar-refractivity contribution is 0.0943. The Bertz CT molecular complexity index is 830. The van der Waals surface area contributed by atoms with Crippen molar-refractivity contribution in [3.63, 3.8) is 0 Å². The highest BCUT2D eigenvalue weighted by Crippen LogP contribution is 2.19. The number of benzene rings is 1. The van der Waals surface area contributed by atoms with E-state index in [1.165, 1.54) is 0 Å². The number of piperazine rings is 1. The molecule has 0 unspecified atom stereocenters. The zero-order valence-corrected chi connectivity index (χ0v) is 16.6. The van der Waals surface area contributed by atoms with Crippen LogP contribution >= 0.6 is 0 Å². The van der Waals surface area contributed by atoms with Crippen LogP contribution in [0.3, 0.4) is 0 Å². The average molecular weight is 381 g/mol. The Hall–Kier alpha value is -3.09. The van der Waals surface area contributed by atoms with E-state index in [1.54, 1.807) is 24.4 Å². The van der Waals surface area contributed by atoms with Gasteiger partial charge >= 0.3 is 6.03 Å². The Labute approximate surface area is 165 Å². The lowest BCUT2D eigenvalue weighted by Crippen LogP contribution is -2.50. The van der Waals surface area contributed by atoms with Crippen LogP contribution in [-0.4, -0.2) is 54.0 Å². The summed E-state index contributed by atoms with van der Waals surface area (Å²) in [6.45, 7) is 8.57. The van der Waals surface area contributed by atoms with Gasteiger partial charge in [-0.05, 0) is 56.7 Å². The molecule has 1 aromatic carbocycles. The van der Waals surface area contributed by atoms with Crippen molar-refractivity contribution in [2.75, 3.05) is 36.4 Å². The van der Waals surface area contributed by atoms with Crippen LogP contribution in [0.2, 0.25) is 0 Å². The highest BCUT2D eigenvalue weighted by molar-refractivity contribution is 5.96. The van der Waals surface area contributed by atoms with Crippen molar-refractivity contribution < 1.29 is 9.59 Å². The smallest absolute Gasteiger partial charge is 0.321 e. The molecule has 7 heteroatoms. The van der Waals surface area contributed by atoms with Crippen molar-refractivity contribution in [1.82, 2.24) is 15.2 Å². The Balaban J connectivity index is 1.57. The average Bonchev–Trinajstić information content (AvgIpc) is 2.69. The number of hydrogen-bond acceptors (Lipinski definition) is 4. The molecule has 1 aromatic heterocycles. The van der Waals surface area contributed by atoms with Crippen molar-refractivity contribution in [1.29, 1.82) is 0 Å². The number of aromatic nitrogens is 1. The first kappa shape index (κ1) is 19.7. The number of nitrogens with one attached hydrogen (secondary N) is 2. The largest absolute Gasteiger partial charge is 0.367 e. The summed E-state index contributed by atoms with van der Waals surface area (Å²) in [5.74, 6) is -0.109. The van der Waals surface area contributed by atoms with E-state index in [-0.39, 0.29) is 18.0 Å². The summed E-state index contributed by atoms with van der Waals surface area (Å²) < 4.78 is 0. The van der Waals surface area contributed by atoms with Crippen LogP contribution in [0.1, 0.15) is 29.8 Å². The predicted molar refractivity (Wildman–Crippen MR) is 111 cm³/mol. The number of carbonyl (C=O) groups excluding carboxylic acids is 2. The van der Waals surface area contributed by atoms with Crippen LogP contribution in [0, 0.1) is 6.92 Å². The quantitative estimate of drug-likeness (QED) is 0.854. The Morgan fingerprint density at radius 2 is 1.86 bits per heavy atom. The van der Waals surface area contributed by atoms with E-state index in [1.807, 2.05) is 44.0 Å². The molecule has 0 bridgehead atoms. The number of hydrogen-bond donors (Lipinski definition) is 2.